The van der Waals surface area contributed by atoms with Crippen LogP contribution >= 0.6 is 0 Å². The Balaban J connectivity index is 1.60. The van der Waals surface area contributed by atoms with Crippen LogP contribution in [-0.2, 0) is 19.7 Å². The minimum atomic E-state index is -1.68. The fraction of sp³-hybridized carbons (Fsp3) is 0.222. The topological polar surface area (TPSA) is 55.4 Å². The van der Waals surface area contributed by atoms with Gasteiger partial charge in [-0.1, -0.05) is 30.3 Å². The molecule has 2 aromatic carbocycles. The van der Waals surface area contributed by atoms with Crippen molar-refractivity contribution in [1.29, 1.82) is 0 Å². The molecule has 1 N–H and O–H groups in total. The molecule has 0 atom stereocenters. The van der Waals surface area contributed by atoms with Crippen molar-refractivity contribution in [3.63, 3.8) is 0 Å². The molecule has 0 spiro atoms. The van der Waals surface area contributed by atoms with Gasteiger partial charge in [-0.3, -0.25) is 9.59 Å². The molecular formula is C18H14F3NO3. The van der Waals surface area contributed by atoms with E-state index in [2.05, 4.69) is 0 Å². The van der Waals surface area contributed by atoms with E-state index in [9.17, 15) is 22.8 Å². The van der Waals surface area contributed by atoms with Gasteiger partial charge in [0.15, 0.2) is 24.1 Å². The van der Waals surface area contributed by atoms with Gasteiger partial charge in [-0.15, -0.1) is 0 Å². The Hall–Kier alpha value is -2.83. The van der Waals surface area contributed by atoms with E-state index in [0.717, 1.165) is 11.6 Å². The van der Waals surface area contributed by atoms with Gasteiger partial charge in [-0.05, 0) is 30.5 Å². The Morgan fingerprint density at radius 3 is 2.32 bits per heavy atom. The minimum Gasteiger partial charge on any atom is -0.455 e. The number of anilines is 1. The fourth-order valence-electron chi connectivity index (χ4n) is 2.57. The van der Waals surface area contributed by atoms with Crippen LogP contribution in [0.25, 0.3) is 0 Å². The summed E-state index contributed by atoms with van der Waals surface area (Å²) in [4.78, 5) is 24.0. The number of nitrogens with one attached hydrogen (secondary N) is 1. The van der Waals surface area contributed by atoms with E-state index in [1.165, 1.54) is 0 Å². The van der Waals surface area contributed by atoms with Gasteiger partial charge in [-0.2, -0.15) is 0 Å². The molecule has 1 saturated carbocycles. The Morgan fingerprint density at radius 1 is 1.00 bits per heavy atom. The van der Waals surface area contributed by atoms with Gasteiger partial charge in [0.25, 0.3) is 5.91 Å². The average molecular weight is 349 g/mol. The minimum absolute atomic E-state index is 0.524. The normalized spacial score (nSPS) is 14.7. The molecule has 0 saturated heterocycles. The van der Waals surface area contributed by atoms with Crippen LogP contribution in [0.15, 0.2) is 42.5 Å². The number of ether oxygens (including phenoxy) is 1. The van der Waals surface area contributed by atoms with Gasteiger partial charge in [0.05, 0.1) is 11.1 Å². The second-order valence-electron chi connectivity index (χ2n) is 5.80. The van der Waals surface area contributed by atoms with Gasteiger partial charge in [0.2, 0.25) is 0 Å². The first-order chi connectivity index (χ1) is 11.9. The van der Waals surface area contributed by atoms with Crippen molar-refractivity contribution in [2.24, 2.45) is 0 Å². The molecule has 3 rings (SSSR count). The Labute approximate surface area is 141 Å². The van der Waals surface area contributed by atoms with Crippen molar-refractivity contribution in [3.05, 3.63) is 65.5 Å². The highest BCUT2D eigenvalue weighted by Gasteiger charge is 2.52. The molecule has 1 aliphatic rings. The highest BCUT2D eigenvalue weighted by atomic mass is 19.2. The number of carbonyl (C=O) groups excluding carboxylic acids is 2. The third-order valence-electron chi connectivity index (χ3n) is 4.11. The lowest BCUT2D eigenvalue weighted by atomic mass is 9.96. The van der Waals surface area contributed by atoms with Crippen LogP contribution in [0, 0.1) is 17.5 Å². The molecule has 1 fully saturated rings. The monoisotopic (exact) mass is 349 g/mol. The zero-order valence-corrected chi connectivity index (χ0v) is 13.0. The molecular weight excluding hydrogens is 335 g/mol. The van der Waals surface area contributed by atoms with E-state index in [0.29, 0.717) is 18.9 Å². The van der Waals surface area contributed by atoms with E-state index in [-0.39, 0.29) is 0 Å². The van der Waals surface area contributed by atoms with Crippen LogP contribution in [0.3, 0.4) is 0 Å². The first kappa shape index (κ1) is 17.0. The summed E-state index contributed by atoms with van der Waals surface area (Å²) in [5, 5.41) is 2.05. The molecule has 4 nitrogen and oxygen atoms in total. The van der Waals surface area contributed by atoms with E-state index < -0.39 is 47.0 Å². The van der Waals surface area contributed by atoms with Crippen LogP contribution in [0.2, 0.25) is 0 Å². The molecule has 1 aliphatic carbocycles. The van der Waals surface area contributed by atoms with Crippen LogP contribution in [-0.4, -0.2) is 18.5 Å². The van der Waals surface area contributed by atoms with Crippen molar-refractivity contribution in [2.75, 3.05) is 11.9 Å². The summed E-state index contributed by atoms with van der Waals surface area (Å²) in [7, 11) is 0. The van der Waals surface area contributed by atoms with Gasteiger partial charge in [0, 0.05) is 0 Å². The smallest absolute Gasteiger partial charge is 0.317 e. The van der Waals surface area contributed by atoms with E-state index >= 15 is 0 Å². The maximum atomic E-state index is 13.5. The number of carbonyl (C=O) groups is 2. The van der Waals surface area contributed by atoms with Crippen molar-refractivity contribution >= 4 is 17.6 Å². The lowest BCUT2D eigenvalue weighted by Crippen LogP contribution is -2.28. The second-order valence-corrected chi connectivity index (χ2v) is 5.80. The lowest BCUT2D eigenvalue weighted by Gasteiger charge is -2.15. The van der Waals surface area contributed by atoms with Gasteiger partial charge in [-0.25, -0.2) is 13.2 Å². The maximum absolute atomic E-state index is 13.5. The van der Waals surface area contributed by atoms with Crippen molar-refractivity contribution < 1.29 is 27.5 Å². The largest absolute Gasteiger partial charge is 0.455 e. The summed E-state index contributed by atoms with van der Waals surface area (Å²) in [6.07, 6.45) is 1.24. The molecule has 0 aliphatic heterocycles. The first-order valence-corrected chi connectivity index (χ1v) is 7.60. The van der Waals surface area contributed by atoms with Gasteiger partial charge >= 0.3 is 5.97 Å². The predicted molar refractivity (Wildman–Crippen MR) is 83.3 cm³/mol. The molecule has 7 heteroatoms. The predicted octanol–water partition coefficient (Wildman–Crippen LogP) is 3.32. The maximum Gasteiger partial charge on any atom is 0.317 e. The van der Waals surface area contributed by atoms with E-state index in [1.54, 1.807) is 12.1 Å². The van der Waals surface area contributed by atoms with E-state index in [1.807, 2.05) is 23.5 Å². The standard InChI is InChI=1S/C18H14F3NO3/c19-12-6-7-13(16(21)15(12)20)22-14(23)10-25-17(24)18(8-9-18)11-4-2-1-3-5-11/h1-7H,8-10H2,(H,22,23). The summed E-state index contributed by atoms with van der Waals surface area (Å²) in [5.74, 6) is -5.94. The SMILES string of the molecule is O=C(COC(=O)C1(c2ccccc2)CC1)Nc1ccc(F)c(F)c1F. The Morgan fingerprint density at radius 2 is 1.68 bits per heavy atom. The number of benzene rings is 2. The molecule has 2 aromatic rings. The molecule has 1 amide bonds. The summed E-state index contributed by atoms with van der Waals surface area (Å²) in [6, 6.07) is 10.6. The van der Waals surface area contributed by atoms with E-state index in [4.69, 9.17) is 4.74 Å². The summed E-state index contributed by atoms with van der Waals surface area (Å²) in [5.41, 5.74) is -0.453. The summed E-state index contributed by atoms with van der Waals surface area (Å²) < 4.78 is 44.5. The lowest BCUT2D eigenvalue weighted by molar-refractivity contribution is -0.150. The van der Waals surface area contributed by atoms with Crippen LogP contribution in [0.4, 0.5) is 18.9 Å². The average Bonchev–Trinajstić information content (AvgIpc) is 3.43. The third-order valence-corrected chi connectivity index (χ3v) is 4.11. The highest BCUT2D eigenvalue weighted by Crippen LogP contribution is 2.49. The highest BCUT2D eigenvalue weighted by molar-refractivity contribution is 5.94. The third kappa shape index (κ3) is 3.35. The molecule has 0 radical (unpaired) electrons. The zero-order valence-electron chi connectivity index (χ0n) is 13.0. The van der Waals surface area contributed by atoms with Crippen molar-refractivity contribution in [3.8, 4) is 0 Å². The number of amides is 1. The number of halogens is 3. The Bertz CT molecular complexity index is 820. The molecule has 25 heavy (non-hydrogen) atoms. The number of hydrogen-bond donors (Lipinski definition) is 1. The van der Waals surface area contributed by atoms with Crippen LogP contribution < -0.4 is 5.32 Å². The molecule has 0 aromatic heterocycles. The number of rotatable bonds is 5. The zero-order chi connectivity index (χ0) is 18.0. The second kappa shape index (κ2) is 6.58. The van der Waals surface area contributed by atoms with Crippen molar-refractivity contribution in [1.82, 2.24) is 0 Å². The fourth-order valence-corrected chi connectivity index (χ4v) is 2.57. The van der Waals surface area contributed by atoms with Gasteiger partial charge in [0.1, 0.15) is 0 Å². The van der Waals surface area contributed by atoms with Crippen LogP contribution in [0.5, 0.6) is 0 Å². The summed E-state index contributed by atoms with van der Waals surface area (Å²) in [6.45, 7) is -0.647. The van der Waals surface area contributed by atoms with Crippen molar-refractivity contribution in [2.45, 2.75) is 18.3 Å². The quantitative estimate of drug-likeness (QED) is 0.666. The summed E-state index contributed by atoms with van der Waals surface area (Å²) >= 11 is 0. The molecule has 0 unspecified atom stereocenters. The van der Waals surface area contributed by atoms with Crippen LogP contribution in [0.1, 0.15) is 18.4 Å². The van der Waals surface area contributed by atoms with Gasteiger partial charge < -0.3 is 10.1 Å². The number of hydrogen-bond acceptors (Lipinski definition) is 3. The molecule has 0 bridgehead atoms. The Kier molecular flexibility index (Phi) is 4.48. The first-order valence-electron chi connectivity index (χ1n) is 7.60. The number of esters is 1. The molecule has 0 heterocycles. The molecule has 130 valence electrons.